The van der Waals surface area contributed by atoms with Gasteiger partial charge < -0.3 is 4.90 Å². The van der Waals surface area contributed by atoms with Crippen molar-refractivity contribution in [3.8, 4) is 0 Å². The first-order chi connectivity index (χ1) is 8.02. The monoisotopic (exact) mass is 359 g/mol. The van der Waals surface area contributed by atoms with E-state index in [0.29, 0.717) is 12.3 Å². The van der Waals surface area contributed by atoms with Crippen LogP contribution in [0.1, 0.15) is 17.5 Å². The van der Waals surface area contributed by atoms with Gasteiger partial charge in [0.2, 0.25) is 5.91 Å². The molecular formula is C13H15Br2NO. The molecule has 1 aromatic rings. The highest BCUT2D eigenvalue weighted by molar-refractivity contribution is 9.10. The van der Waals surface area contributed by atoms with Crippen molar-refractivity contribution in [1.82, 2.24) is 0 Å². The molecule has 0 bridgehead atoms. The van der Waals surface area contributed by atoms with E-state index in [4.69, 9.17) is 0 Å². The molecule has 0 spiro atoms. The SMILES string of the molecule is Cc1cc(N2CC(CBr)CC2=O)cc(C)c1Br. The van der Waals surface area contributed by atoms with Crippen LogP contribution in [0.2, 0.25) is 0 Å². The molecule has 0 saturated carbocycles. The number of halogens is 2. The lowest BCUT2D eigenvalue weighted by molar-refractivity contribution is -0.117. The lowest BCUT2D eigenvalue weighted by Crippen LogP contribution is -2.24. The molecule has 2 nitrogen and oxygen atoms in total. The van der Waals surface area contributed by atoms with E-state index in [0.717, 1.165) is 22.0 Å². The predicted molar refractivity (Wildman–Crippen MR) is 77.9 cm³/mol. The molecule has 1 unspecified atom stereocenters. The van der Waals surface area contributed by atoms with Crippen LogP contribution in [-0.4, -0.2) is 17.8 Å². The van der Waals surface area contributed by atoms with E-state index in [9.17, 15) is 4.79 Å². The van der Waals surface area contributed by atoms with Gasteiger partial charge in [0, 0.05) is 28.5 Å². The maximum Gasteiger partial charge on any atom is 0.227 e. The number of aryl methyl sites for hydroxylation is 2. The molecule has 1 atom stereocenters. The van der Waals surface area contributed by atoms with E-state index < -0.39 is 0 Å². The first kappa shape index (κ1) is 13.1. The van der Waals surface area contributed by atoms with Crippen LogP contribution in [0.15, 0.2) is 16.6 Å². The van der Waals surface area contributed by atoms with Crippen molar-refractivity contribution in [2.45, 2.75) is 20.3 Å². The van der Waals surface area contributed by atoms with Crippen LogP contribution in [0.4, 0.5) is 5.69 Å². The van der Waals surface area contributed by atoms with Crippen molar-refractivity contribution in [2.75, 3.05) is 16.8 Å². The summed E-state index contributed by atoms with van der Waals surface area (Å²) in [6.07, 6.45) is 0.652. The van der Waals surface area contributed by atoms with E-state index >= 15 is 0 Å². The highest BCUT2D eigenvalue weighted by atomic mass is 79.9. The van der Waals surface area contributed by atoms with Gasteiger partial charge in [0.05, 0.1) is 0 Å². The Labute approximate surface area is 119 Å². The molecule has 17 heavy (non-hydrogen) atoms. The third kappa shape index (κ3) is 2.58. The number of rotatable bonds is 2. The maximum atomic E-state index is 11.9. The molecule has 1 aromatic carbocycles. The second-order valence-corrected chi connectivity index (χ2v) is 6.06. The minimum absolute atomic E-state index is 0.232. The second-order valence-electron chi connectivity index (χ2n) is 4.62. The average molecular weight is 361 g/mol. The summed E-state index contributed by atoms with van der Waals surface area (Å²) in [4.78, 5) is 13.8. The Hall–Kier alpha value is -0.350. The zero-order chi connectivity index (χ0) is 12.6. The molecule has 92 valence electrons. The fourth-order valence-corrected chi connectivity index (χ4v) is 2.88. The molecule has 2 rings (SSSR count). The molecule has 1 aliphatic heterocycles. The molecule has 0 aromatic heterocycles. The summed E-state index contributed by atoms with van der Waals surface area (Å²) >= 11 is 7.01. The standard InChI is InChI=1S/C13H15Br2NO/c1-8-3-11(4-9(2)13(8)15)16-7-10(6-14)5-12(16)17/h3-4,10H,5-7H2,1-2H3. The molecule has 1 aliphatic rings. The van der Waals surface area contributed by atoms with Crippen LogP contribution in [0.25, 0.3) is 0 Å². The molecule has 0 radical (unpaired) electrons. The summed E-state index contributed by atoms with van der Waals surface area (Å²) in [7, 11) is 0. The molecule has 1 amide bonds. The number of carbonyl (C=O) groups excluding carboxylic acids is 1. The molecule has 0 N–H and O–H groups in total. The zero-order valence-electron chi connectivity index (χ0n) is 9.96. The Balaban J connectivity index is 2.32. The molecular weight excluding hydrogens is 346 g/mol. The fourth-order valence-electron chi connectivity index (χ4n) is 2.21. The minimum Gasteiger partial charge on any atom is -0.312 e. The van der Waals surface area contributed by atoms with Gasteiger partial charge in [-0.3, -0.25) is 4.79 Å². The number of hydrogen-bond donors (Lipinski definition) is 0. The first-order valence-electron chi connectivity index (χ1n) is 5.66. The van der Waals surface area contributed by atoms with Crippen LogP contribution in [0, 0.1) is 19.8 Å². The molecule has 1 saturated heterocycles. The largest absolute Gasteiger partial charge is 0.312 e. The van der Waals surface area contributed by atoms with E-state index in [2.05, 4.69) is 57.8 Å². The van der Waals surface area contributed by atoms with Crippen molar-refractivity contribution < 1.29 is 4.79 Å². The van der Waals surface area contributed by atoms with Gasteiger partial charge in [0.15, 0.2) is 0 Å². The number of anilines is 1. The van der Waals surface area contributed by atoms with Gasteiger partial charge >= 0.3 is 0 Å². The summed E-state index contributed by atoms with van der Waals surface area (Å²) in [6, 6.07) is 4.15. The third-order valence-corrected chi connectivity index (χ3v) is 5.32. The number of hydrogen-bond acceptors (Lipinski definition) is 1. The van der Waals surface area contributed by atoms with Crippen molar-refractivity contribution in [3.05, 3.63) is 27.7 Å². The lowest BCUT2D eigenvalue weighted by atomic mass is 10.1. The number of nitrogens with zero attached hydrogens (tertiary/aromatic N) is 1. The Bertz CT molecular complexity index is 436. The van der Waals surface area contributed by atoms with Gasteiger partial charge in [-0.2, -0.15) is 0 Å². The highest BCUT2D eigenvalue weighted by Gasteiger charge is 2.30. The summed E-state index contributed by atoms with van der Waals surface area (Å²) in [6.45, 7) is 4.94. The summed E-state index contributed by atoms with van der Waals surface area (Å²) in [5.74, 6) is 0.669. The Morgan fingerprint density at radius 1 is 1.35 bits per heavy atom. The Morgan fingerprint density at radius 3 is 2.41 bits per heavy atom. The molecule has 1 heterocycles. The number of benzene rings is 1. The van der Waals surface area contributed by atoms with Crippen molar-refractivity contribution in [1.29, 1.82) is 0 Å². The number of amides is 1. The minimum atomic E-state index is 0.232. The van der Waals surface area contributed by atoms with Gasteiger partial charge in [-0.25, -0.2) is 0 Å². The van der Waals surface area contributed by atoms with E-state index in [1.807, 2.05) is 4.90 Å². The summed E-state index contributed by atoms with van der Waals surface area (Å²) in [5, 5.41) is 0.893. The highest BCUT2D eigenvalue weighted by Crippen LogP contribution is 2.31. The van der Waals surface area contributed by atoms with Gasteiger partial charge in [-0.15, -0.1) is 0 Å². The smallest absolute Gasteiger partial charge is 0.227 e. The zero-order valence-corrected chi connectivity index (χ0v) is 13.1. The summed E-state index contributed by atoms with van der Waals surface area (Å²) in [5.41, 5.74) is 3.38. The van der Waals surface area contributed by atoms with E-state index in [-0.39, 0.29) is 5.91 Å². The van der Waals surface area contributed by atoms with Gasteiger partial charge in [-0.1, -0.05) is 31.9 Å². The van der Waals surface area contributed by atoms with Crippen molar-refractivity contribution >= 4 is 43.5 Å². The topological polar surface area (TPSA) is 20.3 Å². The van der Waals surface area contributed by atoms with Crippen LogP contribution >= 0.6 is 31.9 Å². The van der Waals surface area contributed by atoms with E-state index in [1.54, 1.807) is 0 Å². The first-order valence-corrected chi connectivity index (χ1v) is 7.57. The molecule has 0 aliphatic carbocycles. The lowest BCUT2D eigenvalue weighted by Gasteiger charge is -2.18. The fraction of sp³-hybridized carbons (Fsp3) is 0.462. The third-order valence-electron chi connectivity index (χ3n) is 3.16. The van der Waals surface area contributed by atoms with Crippen LogP contribution < -0.4 is 4.90 Å². The number of carbonyl (C=O) groups is 1. The molecule has 4 heteroatoms. The number of alkyl halides is 1. The predicted octanol–water partition coefficient (Wildman–Crippen LogP) is 3.81. The van der Waals surface area contributed by atoms with E-state index in [1.165, 1.54) is 11.1 Å². The van der Waals surface area contributed by atoms with Gasteiger partial charge in [0.1, 0.15) is 0 Å². The molecule has 1 fully saturated rings. The van der Waals surface area contributed by atoms with Crippen molar-refractivity contribution in [3.63, 3.8) is 0 Å². The summed E-state index contributed by atoms with van der Waals surface area (Å²) < 4.78 is 1.13. The quantitative estimate of drug-likeness (QED) is 0.734. The van der Waals surface area contributed by atoms with Crippen LogP contribution in [-0.2, 0) is 4.79 Å². The maximum absolute atomic E-state index is 11.9. The van der Waals surface area contributed by atoms with Crippen LogP contribution in [0.3, 0.4) is 0 Å². The average Bonchev–Trinajstić information content (AvgIpc) is 2.67. The van der Waals surface area contributed by atoms with Gasteiger partial charge in [0.25, 0.3) is 0 Å². The second kappa shape index (κ2) is 5.11. The Kier molecular flexibility index (Phi) is 3.93. The normalized spacial score (nSPS) is 20.1. The van der Waals surface area contributed by atoms with Crippen LogP contribution in [0.5, 0.6) is 0 Å². The Morgan fingerprint density at radius 2 is 1.94 bits per heavy atom. The van der Waals surface area contributed by atoms with Gasteiger partial charge in [-0.05, 0) is 43.0 Å². The van der Waals surface area contributed by atoms with Crippen molar-refractivity contribution in [2.24, 2.45) is 5.92 Å².